The first-order valence-electron chi connectivity index (χ1n) is 8.71. The third-order valence-electron chi connectivity index (χ3n) is 5.74. The first-order valence-corrected chi connectivity index (χ1v) is 8.71. The Morgan fingerprint density at radius 2 is 2.17 bits per heavy atom. The van der Waals surface area contributed by atoms with Gasteiger partial charge in [0.25, 0.3) is 0 Å². The van der Waals surface area contributed by atoms with Gasteiger partial charge in [0.2, 0.25) is 0 Å². The lowest BCUT2D eigenvalue weighted by Gasteiger charge is -2.38. The van der Waals surface area contributed by atoms with Crippen LogP contribution in [0.5, 0.6) is 0 Å². The fraction of sp³-hybridized carbons (Fsp3) is 0.684. The second-order valence-corrected chi connectivity index (χ2v) is 7.42. The minimum atomic E-state index is -0.426. The fourth-order valence-electron chi connectivity index (χ4n) is 4.79. The van der Waals surface area contributed by atoms with Crippen molar-refractivity contribution in [3.8, 4) is 0 Å². The summed E-state index contributed by atoms with van der Waals surface area (Å²) in [5.74, 6) is 0.259. The number of carbonyl (C=O) groups is 2. The summed E-state index contributed by atoms with van der Waals surface area (Å²) in [4.78, 5) is 26.9. The second-order valence-electron chi connectivity index (χ2n) is 7.42. The zero-order valence-corrected chi connectivity index (χ0v) is 14.4. The summed E-state index contributed by atoms with van der Waals surface area (Å²) in [7, 11) is 2.13. The van der Waals surface area contributed by atoms with Crippen molar-refractivity contribution < 1.29 is 14.3 Å². The summed E-state index contributed by atoms with van der Waals surface area (Å²) in [6, 6.07) is 0. The molecule has 1 heterocycles. The molecule has 1 aliphatic heterocycles. The van der Waals surface area contributed by atoms with Gasteiger partial charge >= 0.3 is 5.97 Å². The minimum absolute atomic E-state index is 0.218. The first kappa shape index (κ1) is 16.4. The average Bonchev–Trinajstić information content (AvgIpc) is 2.76. The highest BCUT2D eigenvalue weighted by Crippen LogP contribution is 2.57. The van der Waals surface area contributed by atoms with Gasteiger partial charge in [-0.25, -0.2) is 0 Å². The van der Waals surface area contributed by atoms with Gasteiger partial charge in [-0.15, -0.1) is 0 Å². The zero-order chi connectivity index (χ0) is 16.6. The Bertz CT molecular complexity index is 577. The van der Waals surface area contributed by atoms with Crippen LogP contribution in [0.1, 0.15) is 46.0 Å². The van der Waals surface area contributed by atoms with E-state index in [0.29, 0.717) is 0 Å². The molecule has 3 rings (SSSR count). The van der Waals surface area contributed by atoms with Crippen molar-refractivity contribution in [1.82, 2.24) is 4.90 Å². The summed E-state index contributed by atoms with van der Waals surface area (Å²) >= 11 is 0. The van der Waals surface area contributed by atoms with Crippen molar-refractivity contribution in [3.63, 3.8) is 0 Å². The summed E-state index contributed by atoms with van der Waals surface area (Å²) in [6.45, 7) is 5.50. The van der Waals surface area contributed by atoms with E-state index < -0.39 is 5.41 Å². The van der Waals surface area contributed by atoms with E-state index in [1.165, 1.54) is 6.92 Å². The molecule has 0 saturated heterocycles. The van der Waals surface area contributed by atoms with E-state index in [2.05, 4.69) is 18.0 Å². The topological polar surface area (TPSA) is 46.6 Å². The number of ether oxygens (including phenoxy) is 1. The molecule has 0 radical (unpaired) electrons. The maximum absolute atomic E-state index is 13.1. The number of hydrogen-bond donors (Lipinski definition) is 0. The van der Waals surface area contributed by atoms with E-state index in [-0.39, 0.29) is 23.8 Å². The Kier molecular flexibility index (Phi) is 4.45. The number of ketones is 1. The van der Waals surface area contributed by atoms with Gasteiger partial charge in [-0.3, -0.25) is 9.59 Å². The fourth-order valence-corrected chi connectivity index (χ4v) is 4.79. The van der Waals surface area contributed by atoms with Crippen LogP contribution in [0, 0.1) is 11.3 Å². The van der Waals surface area contributed by atoms with Crippen molar-refractivity contribution in [1.29, 1.82) is 0 Å². The van der Waals surface area contributed by atoms with Crippen molar-refractivity contribution in [2.24, 2.45) is 11.3 Å². The van der Waals surface area contributed by atoms with Crippen LogP contribution in [0.4, 0.5) is 0 Å². The molecule has 2 aliphatic carbocycles. The van der Waals surface area contributed by atoms with Crippen molar-refractivity contribution >= 4 is 11.8 Å². The second kappa shape index (κ2) is 6.23. The third kappa shape index (κ3) is 2.89. The van der Waals surface area contributed by atoms with Gasteiger partial charge in [-0.2, -0.15) is 0 Å². The summed E-state index contributed by atoms with van der Waals surface area (Å²) in [5, 5.41) is 0. The Balaban J connectivity index is 2.03. The Labute approximate surface area is 138 Å². The quantitative estimate of drug-likeness (QED) is 0.551. The molecule has 0 amide bonds. The van der Waals surface area contributed by atoms with Crippen LogP contribution in [-0.2, 0) is 14.3 Å². The molecule has 0 bridgehead atoms. The number of esters is 1. The monoisotopic (exact) mass is 317 g/mol. The minimum Gasteiger partial charge on any atom is -0.458 e. The SMILES string of the molecule is CC(=O)O[C@@H]1C[C@H]2CC(C)=CC(=O)[C@]23CCCN(C)CCC=C13. The van der Waals surface area contributed by atoms with Crippen LogP contribution in [-0.4, -0.2) is 42.9 Å². The normalized spacial score (nSPS) is 35.2. The van der Waals surface area contributed by atoms with Gasteiger partial charge < -0.3 is 9.64 Å². The standard InChI is InChI=1S/C19H27NO3/c1-13-10-15-12-17(23-14(2)21)16-6-4-8-20(3)9-5-7-19(15,16)18(22)11-13/h6,11,15,17H,4-5,7-10,12H2,1-3H3/t15-,17-,19-/m1/s1. The molecular weight excluding hydrogens is 290 g/mol. The van der Waals surface area contributed by atoms with Crippen molar-refractivity contribution in [2.75, 3.05) is 20.1 Å². The highest BCUT2D eigenvalue weighted by atomic mass is 16.5. The van der Waals surface area contributed by atoms with Crippen LogP contribution in [0.2, 0.25) is 0 Å². The Morgan fingerprint density at radius 3 is 2.91 bits per heavy atom. The molecule has 3 aliphatic rings. The van der Waals surface area contributed by atoms with Gasteiger partial charge in [0, 0.05) is 13.5 Å². The molecule has 3 atom stereocenters. The molecule has 0 aromatic carbocycles. The molecule has 4 heteroatoms. The molecular formula is C19H27NO3. The smallest absolute Gasteiger partial charge is 0.303 e. The van der Waals surface area contributed by atoms with Gasteiger partial charge in [0.1, 0.15) is 6.10 Å². The first-order chi connectivity index (χ1) is 10.9. The maximum atomic E-state index is 13.1. The van der Waals surface area contributed by atoms with Crippen LogP contribution in [0.15, 0.2) is 23.3 Å². The predicted molar refractivity (Wildman–Crippen MR) is 88.9 cm³/mol. The molecule has 1 spiro atoms. The van der Waals surface area contributed by atoms with Crippen LogP contribution in [0.25, 0.3) is 0 Å². The molecule has 126 valence electrons. The van der Waals surface area contributed by atoms with Gasteiger partial charge in [0.05, 0.1) is 5.41 Å². The molecule has 1 saturated carbocycles. The molecule has 1 fully saturated rings. The van der Waals surface area contributed by atoms with E-state index in [1.54, 1.807) is 0 Å². The largest absolute Gasteiger partial charge is 0.458 e. The summed E-state index contributed by atoms with van der Waals surface area (Å²) in [6.07, 6.45) is 8.33. The maximum Gasteiger partial charge on any atom is 0.303 e. The number of hydrogen-bond acceptors (Lipinski definition) is 4. The van der Waals surface area contributed by atoms with E-state index >= 15 is 0 Å². The molecule has 0 N–H and O–H groups in total. The van der Waals surface area contributed by atoms with Crippen molar-refractivity contribution in [3.05, 3.63) is 23.3 Å². The van der Waals surface area contributed by atoms with E-state index in [4.69, 9.17) is 4.74 Å². The number of nitrogens with zero attached hydrogens (tertiary/aromatic N) is 1. The lowest BCUT2D eigenvalue weighted by Crippen LogP contribution is -2.39. The zero-order valence-electron chi connectivity index (χ0n) is 14.4. The van der Waals surface area contributed by atoms with E-state index in [1.807, 2.05) is 13.0 Å². The van der Waals surface area contributed by atoms with Crippen LogP contribution >= 0.6 is 0 Å². The third-order valence-corrected chi connectivity index (χ3v) is 5.74. The average molecular weight is 317 g/mol. The molecule has 0 aromatic rings. The lowest BCUT2D eigenvalue weighted by molar-refractivity contribution is -0.144. The molecule has 0 unspecified atom stereocenters. The van der Waals surface area contributed by atoms with Crippen molar-refractivity contribution in [2.45, 2.75) is 52.1 Å². The van der Waals surface area contributed by atoms with Crippen LogP contribution in [0.3, 0.4) is 0 Å². The van der Waals surface area contributed by atoms with Gasteiger partial charge in [0.15, 0.2) is 5.78 Å². The molecule has 23 heavy (non-hydrogen) atoms. The number of allylic oxidation sites excluding steroid dienone is 2. The Hall–Kier alpha value is -1.42. The molecule has 4 nitrogen and oxygen atoms in total. The van der Waals surface area contributed by atoms with Crippen LogP contribution < -0.4 is 0 Å². The highest BCUT2D eigenvalue weighted by molar-refractivity contribution is 5.99. The highest BCUT2D eigenvalue weighted by Gasteiger charge is 2.57. The number of rotatable bonds is 1. The summed E-state index contributed by atoms with van der Waals surface area (Å²) in [5.41, 5.74) is 1.82. The van der Waals surface area contributed by atoms with Gasteiger partial charge in [-0.05, 0) is 70.2 Å². The van der Waals surface area contributed by atoms with Gasteiger partial charge in [-0.1, -0.05) is 11.6 Å². The Morgan fingerprint density at radius 1 is 1.39 bits per heavy atom. The summed E-state index contributed by atoms with van der Waals surface area (Å²) < 4.78 is 5.62. The lowest BCUT2D eigenvalue weighted by atomic mass is 9.64. The predicted octanol–water partition coefficient (Wildman–Crippen LogP) is 2.89. The van der Waals surface area contributed by atoms with E-state index in [0.717, 1.165) is 56.3 Å². The molecule has 0 aromatic heterocycles. The number of carbonyl (C=O) groups excluding carboxylic acids is 2. The van der Waals surface area contributed by atoms with E-state index in [9.17, 15) is 9.59 Å².